The van der Waals surface area contributed by atoms with Crippen LogP contribution in [0.5, 0.6) is 17.2 Å². The van der Waals surface area contributed by atoms with Crippen LogP contribution in [0.1, 0.15) is 36.8 Å². The van der Waals surface area contributed by atoms with E-state index >= 15 is 0 Å². The second kappa shape index (κ2) is 13.4. The third-order valence-corrected chi connectivity index (χ3v) is 8.92. The van der Waals surface area contributed by atoms with Crippen LogP contribution < -0.4 is 23.8 Å². The monoisotopic (exact) mass is 607 g/mol. The van der Waals surface area contributed by atoms with Crippen LogP contribution in [0.3, 0.4) is 0 Å². The minimum absolute atomic E-state index is 0.0299. The molecule has 1 atom stereocenters. The van der Waals surface area contributed by atoms with Gasteiger partial charge in [0.1, 0.15) is 18.3 Å². The molecule has 0 spiro atoms. The van der Waals surface area contributed by atoms with Crippen molar-refractivity contribution < 1.29 is 32.2 Å². The summed E-state index contributed by atoms with van der Waals surface area (Å²) >= 11 is 0. The standard InChI is InChI=1S/C32H37N3O7S/c1-40-27-14-8-11-24(17-27)20-34(28(18-23-9-4-3-5-10-23)32(37)33-25-12-6-7-13-25)31(36)21-35(43(2,38)39)26-15-16-29-30(19-26)42-22-41-29/h3-5,8-11,14-17,19,25,28H,6-7,12-13,18,20-22H2,1-2H3,(H,33,37)/t28-/m0/s1. The lowest BCUT2D eigenvalue weighted by molar-refractivity contribution is -0.140. The maximum Gasteiger partial charge on any atom is 0.244 e. The van der Waals surface area contributed by atoms with Gasteiger partial charge in [0.2, 0.25) is 28.6 Å². The van der Waals surface area contributed by atoms with Crippen molar-refractivity contribution in [2.24, 2.45) is 0 Å². The second-order valence-corrected chi connectivity index (χ2v) is 12.8. The molecule has 2 amide bonds. The highest BCUT2D eigenvalue weighted by Gasteiger charge is 2.34. The Balaban J connectivity index is 1.51. The Morgan fingerprint density at radius 2 is 1.67 bits per heavy atom. The Hall–Kier alpha value is -4.25. The Labute approximate surface area is 252 Å². The van der Waals surface area contributed by atoms with E-state index in [1.807, 2.05) is 42.5 Å². The van der Waals surface area contributed by atoms with Crippen molar-refractivity contribution in [1.82, 2.24) is 10.2 Å². The number of hydrogen-bond acceptors (Lipinski definition) is 7. The summed E-state index contributed by atoms with van der Waals surface area (Å²) in [5.41, 5.74) is 1.89. The molecular formula is C32H37N3O7S. The second-order valence-electron chi connectivity index (χ2n) is 10.9. The van der Waals surface area contributed by atoms with Gasteiger partial charge in [0.05, 0.1) is 19.1 Å². The van der Waals surface area contributed by atoms with E-state index in [4.69, 9.17) is 14.2 Å². The number of nitrogens with one attached hydrogen (secondary N) is 1. The zero-order valence-electron chi connectivity index (χ0n) is 24.4. The van der Waals surface area contributed by atoms with Crippen molar-refractivity contribution in [3.8, 4) is 17.2 Å². The molecule has 1 N–H and O–H groups in total. The summed E-state index contributed by atoms with van der Waals surface area (Å²) in [5.74, 6) is 0.715. The fourth-order valence-electron chi connectivity index (χ4n) is 5.54. The average molecular weight is 608 g/mol. The predicted octanol–water partition coefficient (Wildman–Crippen LogP) is 3.89. The van der Waals surface area contributed by atoms with Gasteiger partial charge in [0.15, 0.2) is 11.5 Å². The number of anilines is 1. The van der Waals surface area contributed by atoms with Crippen molar-refractivity contribution in [2.45, 2.75) is 50.7 Å². The van der Waals surface area contributed by atoms with E-state index in [-0.39, 0.29) is 37.4 Å². The van der Waals surface area contributed by atoms with Crippen LogP contribution in [-0.4, -0.2) is 63.9 Å². The minimum atomic E-state index is -3.90. The number of hydrogen-bond donors (Lipinski definition) is 1. The van der Waals surface area contributed by atoms with Crippen LogP contribution in [0.4, 0.5) is 5.69 Å². The maximum absolute atomic E-state index is 14.3. The van der Waals surface area contributed by atoms with Crippen LogP contribution in [0, 0.1) is 0 Å². The van der Waals surface area contributed by atoms with Gasteiger partial charge in [0.25, 0.3) is 0 Å². The van der Waals surface area contributed by atoms with Gasteiger partial charge in [-0.2, -0.15) is 0 Å². The summed E-state index contributed by atoms with van der Waals surface area (Å²) < 4.78 is 43.3. The highest BCUT2D eigenvalue weighted by Crippen LogP contribution is 2.36. The molecule has 1 aliphatic carbocycles. The zero-order valence-corrected chi connectivity index (χ0v) is 25.2. The molecule has 1 heterocycles. The summed E-state index contributed by atoms with van der Waals surface area (Å²) in [6.45, 7) is -0.406. The molecule has 1 fully saturated rings. The SMILES string of the molecule is COc1cccc(CN(C(=O)CN(c2ccc3c(c2)OCO3)S(C)(=O)=O)[C@@H](Cc2ccccc2)C(=O)NC2CCCC2)c1. The quantitative estimate of drug-likeness (QED) is 0.332. The maximum atomic E-state index is 14.3. The van der Waals surface area contributed by atoms with Crippen LogP contribution in [0.25, 0.3) is 0 Å². The highest BCUT2D eigenvalue weighted by molar-refractivity contribution is 7.92. The van der Waals surface area contributed by atoms with E-state index in [0.29, 0.717) is 17.2 Å². The van der Waals surface area contributed by atoms with Crippen molar-refractivity contribution in [1.29, 1.82) is 0 Å². The van der Waals surface area contributed by atoms with E-state index in [0.717, 1.165) is 47.4 Å². The molecule has 0 aromatic heterocycles. The largest absolute Gasteiger partial charge is 0.497 e. The van der Waals surface area contributed by atoms with E-state index in [9.17, 15) is 18.0 Å². The molecule has 11 heteroatoms. The first kappa shape index (κ1) is 30.2. The molecule has 2 aliphatic rings. The number of carbonyl (C=O) groups is 2. The lowest BCUT2D eigenvalue weighted by atomic mass is 10.0. The molecule has 43 heavy (non-hydrogen) atoms. The van der Waals surface area contributed by atoms with Gasteiger partial charge in [-0.05, 0) is 48.2 Å². The van der Waals surface area contributed by atoms with E-state index in [1.165, 1.54) is 11.0 Å². The molecule has 0 bridgehead atoms. The Morgan fingerprint density at radius 3 is 2.40 bits per heavy atom. The fraction of sp³-hybridized carbons (Fsp3) is 0.375. The molecule has 3 aromatic rings. The smallest absolute Gasteiger partial charge is 0.244 e. The number of nitrogens with zero attached hydrogens (tertiary/aromatic N) is 2. The normalized spacial score (nSPS) is 15.1. The van der Waals surface area contributed by atoms with Gasteiger partial charge in [0, 0.05) is 25.1 Å². The number of ether oxygens (including phenoxy) is 3. The number of fused-ring (bicyclic) bond motifs is 1. The fourth-order valence-corrected chi connectivity index (χ4v) is 6.38. The molecule has 1 saturated carbocycles. The minimum Gasteiger partial charge on any atom is -0.497 e. The molecule has 10 nitrogen and oxygen atoms in total. The first-order valence-electron chi connectivity index (χ1n) is 14.4. The molecule has 0 saturated heterocycles. The van der Waals surface area contributed by atoms with Gasteiger partial charge < -0.3 is 24.4 Å². The summed E-state index contributed by atoms with van der Waals surface area (Å²) in [6.07, 6.45) is 5.17. The predicted molar refractivity (Wildman–Crippen MR) is 163 cm³/mol. The molecule has 228 valence electrons. The number of benzene rings is 3. The zero-order chi connectivity index (χ0) is 30.4. The summed E-state index contributed by atoms with van der Waals surface area (Å²) in [4.78, 5) is 29.7. The van der Waals surface area contributed by atoms with Gasteiger partial charge in [-0.3, -0.25) is 13.9 Å². The molecule has 0 unspecified atom stereocenters. The third kappa shape index (κ3) is 7.59. The van der Waals surface area contributed by atoms with Crippen molar-refractivity contribution >= 4 is 27.5 Å². The van der Waals surface area contributed by atoms with E-state index in [2.05, 4.69) is 5.32 Å². The topological polar surface area (TPSA) is 114 Å². The average Bonchev–Trinajstić information content (AvgIpc) is 3.69. The number of amides is 2. The Kier molecular flexibility index (Phi) is 9.40. The van der Waals surface area contributed by atoms with E-state index < -0.39 is 28.5 Å². The van der Waals surface area contributed by atoms with Crippen molar-refractivity contribution in [3.05, 3.63) is 83.9 Å². The van der Waals surface area contributed by atoms with Gasteiger partial charge in [-0.15, -0.1) is 0 Å². The van der Waals surface area contributed by atoms with Gasteiger partial charge >= 0.3 is 0 Å². The van der Waals surface area contributed by atoms with Crippen LogP contribution in [0.2, 0.25) is 0 Å². The summed E-state index contributed by atoms with van der Waals surface area (Å²) in [7, 11) is -2.34. The van der Waals surface area contributed by atoms with Crippen LogP contribution in [0.15, 0.2) is 72.8 Å². The molecular weight excluding hydrogens is 570 g/mol. The van der Waals surface area contributed by atoms with E-state index in [1.54, 1.807) is 31.4 Å². The molecule has 3 aromatic carbocycles. The molecule has 0 radical (unpaired) electrons. The third-order valence-electron chi connectivity index (χ3n) is 7.78. The van der Waals surface area contributed by atoms with Crippen LogP contribution >= 0.6 is 0 Å². The van der Waals surface area contributed by atoms with Gasteiger partial charge in [-0.25, -0.2) is 8.42 Å². The number of carbonyl (C=O) groups excluding carboxylic acids is 2. The summed E-state index contributed by atoms with van der Waals surface area (Å²) in [6, 6.07) is 20.7. The lowest BCUT2D eigenvalue weighted by Gasteiger charge is -2.34. The first-order chi connectivity index (χ1) is 20.7. The first-order valence-corrected chi connectivity index (χ1v) is 16.2. The van der Waals surface area contributed by atoms with Gasteiger partial charge in [-0.1, -0.05) is 55.3 Å². The Bertz CT molecular complexity index is 1540. The highest BCUT2D eigenvalue weighted by atomic mass is 32.2. The number of rotatable bonds is 12. The number of methoxy groups -OCH3 is 1. The molecule has 5 rings (SSSR count). The summed E-state index contributed by atoms with van der Waals surface area (Å²) in [5, 5.41) is 3.17. The van der Waals surface area contributed by atoms with Crippen molar-refractivity contribution in [2.75, 3.05) is 31.0 Å². The van der Waals surface area contributed by atoms with Crippen LogP contribution in [-0.2, 0) is 32.6 Å². The van der Waals surface area contributed by atoms with Crippen molar-refractivity contribution in [3.63, 3.8) is 0 Å². The lowest BCUT2D eigenvalue weighted by Crippen LogP contribution is -2.54. The number of sulfonamides is 1. The Morgan fingerprint density at radius 1 is 0.953 bits per heavy atom. The molecule has 1 aliphatic heterocycles.